The standard InChI is InChI=1S/C18H26N2O2S/c1-2-8-22-12-15-10-19-18(21)17-4-7-20(6-3-16(15)17)11-14-5-9-23-13-14/h2,5,9,13,15-17H,1,3-4,6-8,10-12H2,(H,19,21)/t15-,16-,17-/m0/s1. The van der Waals surface area contributed by atoms with Crippen LogP contribution in [0.2, 0.25) is 0 Å². The van der Waals surface area contributed by atoms with E-state index >= 15 is 0 Å². The lowest BCUT2D eigenvalue weighted by molar-refractivity contribution is -0.131. The molecule has 1 amide bonds. The number of hydrogen-bond acceptors (Lipinski definition) is 4. The predicted octanol–water partition coefficient (Wildman–Crippen LogP) is 2.52. The van der Waals surface area contributed by atoms with Crippen LogP contribution in [-0.4, -0.2) is 43.7 Å². The van der Waals surface area contributed by atoms with Crippen molar-refractivity contribution in [2.45, 2.75) is 19.4 Å². The molecule has 126 valence electrons. The third-order valence-electron chi connectivity index (χ3n) is 5.09. The molecule has 5 heteroatoms. The summed E-state index contributed by atoms with van der Waals surface area (Å²) in [5.41, 5.74) is 1.38. The van der Waals surface area contributed by atoms with Gasteiger partial charge in [-0.3, -0.25) is 9.69 Å². The van der Waals surface area contributed by atoms with E-state index in [1.54, 1.807) is 17.4 Å². The lowest BCUT2D eigenvalue weighted by atomic mass is 9.75. The first-order valence-corrected chi connectivity index (χ1v) is 9.42. The zero-order chi connectivity index (χ0) is 16.1. The summed E-state index contributed by atoms with van der Waals surface area (Å²) in [7, 11) is 0. The first-order chi connectivity index (χ1) is 11.3. The fraction of sp³-hybridized carbons (Fsp3) is 0.611. The van der Waals surface area contributed by atoms with E-state index in [1.807, 2.05) is 0 Å². The van der Waals surface area contributed by atoms with Gasteiger partial charge in [0, 0.05) is 24.9 Å². The second-order valence-electron chi connectivity index (χ2n) is 6.59. The van der Waals surface area contributed by atoms with Crippen LogP contribution in [0.25, 0.3) is 0 Å². The van der Waals surface area contributed by atoms with Gasteiger partial charge in [0.1, 0.15) is 0 Å². The van der Waals surface area contributed by atoms with Crippen LogP contribution >= 0.6 is 11.3 Å². The molecular formula is C18H26N2O2S. The minimum atomic E-state index is 0.147. The number of likely N-dealkylation sites (tertiary alicyclic amines) is 1. The molecule has 23 heavy (non-hydrogen) atoms. The Labute approximate surface area is 142 Å². The average Bonchev–Trinajstić information content (AvgIpc) is 2.96. The molecule has 0 saturated carbocycles. The highest BCUT2D eigenvalue weighted by atomic mass is 32.1. The van der Waals surface area contributed by atoms with Crippen LogP contribution in [0.4, 0.5) is 0 Å². The number of ether oxygens (including phenoxy) is 1. The van der Waals surface area contributed by atoms with Crippen molar-refractivity contribution in [3.05, 3.63) is 35.0 Å². The summed E-state index contributed by atoms with van der Waals surface area (Å²) in [4.78, 5) is 14.8. The normalized spacial score (nSPS) is 28.7. The zero-order valence-electron chi connectivity index (χ0n) is 13.6. The van der Waals surface area contributed by atoms with Gasteiger partial charge in [0.25, 0.3) is 0 Å². The fourth-order valence-electron chi connectivity index (χ4n) is 3.87. The minimum absolute atomic E-state index is 0.147. The number of nitrogens with zero attached hydrogens (tertiary/aromatic N) is 1. The molecule has 1 aromatic rings. The van der Waals surface area contributed by atoms with Crippen LogP contribution < -0.4 is 5.32 Å². The van der Waals surface area contributed by atoms with Gasteiger partial charge < -0.3 is 10.1 Å². The largest absolute Gasteiger partial charge is 0.377 e. The van der Waals surface area contributed by atoms with Crippen LogP contribution in [0.5, 0.6) is 0 Å². The molecule has 2 aliphatic heterocycles. The van der Waals surface area contributed by atoms with Crippen LogP contribution in [-0.2, 0) is 16.1 Å². The van der Waals surface area contributed by atoms with E-state index in [0.717, 1.165) is 45.6 Å². The van der Waals surface area contributed by atoms with Gasteiger partial charge in [-0.25, -0.2) is 0 Å². The van der Waals surface area contributed by atoms with Crippen molar-refractivity contribution >= 4 is 17.2 Å². The van der Waals surface area contributed by atoms with Crippen molar-refractivity contribution in [1.82, 2.24) is 10.2 Å². The number of thiophene rings is 1. The Morgan fingerprint density at radius 2 is 2.30 bits per heavy atom. The van der Waals surface area contributed by atoms with Crippen molar-refractivity contribution in [1.29, 1.82) is 0 Å². The first kappa shape index (κ1) is 16.7. The van der Waals surface area contributed by atoms with E-state index in [-0.39, 0.29) is 11.8 Å². The van der Waals surface area contributed by atoms with Crippen LogP contribution in [0, 0.1) is 17.8 Å². The van der Waals surface area contributed by atoms with Crippen LogP contribution in [0.3, 0.4) is 0 Å². The number of piperidine rings is 1. The highest BCUT2D eigenvalue weighted by Gasteiger charge is 2.40. The maximum absolute atomic E-state index is 12.3. The topological polar surface area (TPSA) is 41.6 Å². The second-order valence-corrected chi connectivity index (χ2v) is 7.37. The third-order valence-corrected chi connectivity index (χ3v) is 5.82. The van der Waals surface area contributed by atoms with Crippen molar-refractivity contribution in [2.75, 3.05) is 32.8 Å². The molecule has 2 fully saturated rings. The summed E-state index contributed by atoms with van der Waals surface area (Å²) < 4.78 is 5.68. The number of rotatable bonds is 6. The molecular weight excluding hydrogens is 308 g/mol. The van der Waals surface area contributed by atoms with E-state index in [1.165, 1.54) is 5.56 Å². The van der Waals surface area contributed by atoms with Crippen LogP contribution in [0.15, 0.2) is 29.5 Å². The first-order valence-electron chi connectivity index (χ1n) is 8.47. The van der Waals surface area contributed by atoms with Crippen LogP contribution in [0.1, 0.15) is 18.4 Å². The number of amides is 1. The Morgan fingerprint density at radius 3 is 3.09 bits per heavy atom. The molecule has 3 heterocycles. The molecule has 2 aliphatic rings. The van der Waals surface area contributed by atoms with E-state index in [9.17, 15) is 4.79 Å². The Hall–Kier alpha value is -1.17. The zero-order valence-corrected chi connectivity index (χ0v) is 14.4. The molecule has 4 nitrogen and oxygen atoms in total. The molecule has 3 rings (SSSR count). The SMILES string of the molecule is C=CCOC[C@@H]1CNC(=O)[C@H]2CCN(Cc3ccsc3)CC[C@@H]12. The van der Waals surface area contributed by atoms with Gasteiger partial charge in [0.05, 0.1) is 13.2 Å². The average molecular weight is 334 g/mol. The Bertz CT molecular complexity index is 517. The summed E-state index contributed by atoms with van der Waals surface area (Å²) in [6, 6.07) is 2.20. The molecule has 1 N–H and O–H groups in total. The minimum Gasteiger partial charge on any atom is -0.377 e. The smallest absolute Gasteiger partial charge is 0.223 e. The van der Waals surface area contributed by atoms with E-state index < -0.39 is 0 Å². The van der Waals surface area contributed by atoms with Gasteiger partial charge in [-0.1, -0.05) is 6.08 Å². The summed E-state index contributed by atoms with van der Waals surface area (Å²) in [6.45, 7) is 8.84. The molecule has 0 aromatic carbocycles. The summed E-state index contributed by atoms with van der Waals surface area (Å²) >= 11 is 1.75. The van der Waals surface area contributed by atoms with Gasteiger partial charge >= 0.3 is 0 Å². The maximum Gasteiger partial charge on any atom is 0.223 e. The number of nitrogens with one attached hydrogen (secondary N) is 1. The van der Waals surface area contributed by atoms with E-state index in [0.29, 0.717) is 18.4 Å². The van der Waals surface area contributed by atoms with E-state index in [2.05, 4.69) is 33.6 Å². The molecule has 1 aromatic heterocycles. The number of carbonyl (C=O) groups excluding carboxylic acids is 1. The number of hydrogen-bond donors (Lipinski definition) is 1. The maximum atomic E-state index is 12.3. The van der Waals surface area contributed by atoms with Crippen molar-refractivity contribution in [3.8, 4) is 0 Å². The van der Waals surface area contributed by atoms with E-state index in [4.69, 9.17) is 4.74 Å². The third kappa shape index (κ3) is 4.22. The van der Waals surface area contributed by atoms with Crippen molar-refractivity contribution in [2.24, 2.45) is 17.8 Å². The fourth-order valence-corrected chi connectivity index (χ4v) is 4.53. The lowest BCUT2D eigenvalue weighted by Gasteiger charge is -2.36. The summed E-state index contributed by atoms with van der Waals surface area (Å²) in [5.74, 6) is 1.26. The Kier molecular flexibility index (Phi) is 5.86. The van der Waals surface area contributed by atoms with Gasteiger partial charge in [-0.05, 0) is 54.2 Å². The number of fused-ring (bicyclic) bond motifs is 1. The molecule has 2 saturated heterocycles. The van der Waals surface area contributed by atoms with Gasteiger partial charge in [-0.15, -0.1) is 6.58 Å². The molecule has 0 bridgehead atoms. The molecule has 0 radical (unpaired) electrons. The summed E-state index contributed by atoms with van der Waals surface area (Å²) in [6.07, 6.45) is 3.83. The quantitative estimate of drug-likeness (QED) is 0.642. The Morgan fingerprint density at radius 1 is 1.43 bits per heavy atom. The van der Waals surface area contributed by atoms with Crippen molar-refractivity contribution in [3.63, 3.8) is 0 Å². The number of carbonyl (C=O) groups is 1. The molecule has 0 unspecified atom stereocenters. The highest BCUT2D eigenvalue weighted by molar-refractivity contribution is 7.07. The predicted molar refractivity (Wildman–Crippen MR) is 93.3 cm³/mol. The molecule has 3 atom stereocenters. The molecule has 0 spiro atoms. The summed E-state index contributed by atoms with van der Waals surface area (Å²) in [5, 5.41) is 7.44. The van der Waals surface area contributed by atoms with Gasteiger partial charge in [0.2, 0.25) is 5.91 Å². The van der Waals surface area contributed by atoms with Gasteiger partial charge in [-0.2, -0.15) is 11.3 Å². The second kappa shape index (κ2) is 8.08. The molecule has 0 aliphatic carbocycles. The lowest BCUT2D eigenvalue weighted by Crippen LogP contribution is -2.49. The Balaban J connectivity index is 1.61. The van der Waals surface area contributed by atoms with Crippen molar-refractivity contribution < 1.29 is 9.53 Å². The highest BCUT2D eigenvalue weighted by Crippen LogP contribution is 2.34. The van der Waals surface area contributed by atoms with Gasteiger partial charge in [0.15, 0.2) is 0 Å². The monoisotopic (exact) mass is 334 g/mol.